The van der Waals surface area contributed by atoms with Crippen molar-refractivity contribution in [2.24, 2.45) is 0 Å². The van der Waals surface area contributed by atoms with E-state index in [4.69, 9.17) is 0 Å². The van der Waals surface area contributed by atoms with Gasteiger partial charge in [0.2, 0.25) is 0 Å². The molecule has 0 amide bonds. The maximum Gasteiger partial charge on any atom is 0.425 e. The van der Waals surface area contributed by atoms with Gasteiger partial charge in [-0.3, -0.25) is 0 Å². The predicted octanol–water partition coefficient (Wildman–Crippen LogP) is 3.76. The van der Waals surface area contributed by atoms with Crippen LogP contribution in [0.3, 0.4) is 0 Å². The van der Waals surface area contributed by atoms with Gasteiger partial charge in [-0.1, -0.05) is 0 Å². The summed E-state index contributed by atoms with van der Waals surface area (Å²) in [4.78, 5) is 0. The summed E-state index contributed by atoms with van der Waals surface area (Å²) in [5.74, 6) is -5.78. The third-order valence-corrected chi connectivity index (χ3v) is 1.78. The lowest BCUT2D eigenvalue weighted by molar-refractivity contribution is -0.375. The van der Waals surface area contributed by atoms with Crippen LogP contribution in [0.4, 0.5) is 43.9 Å². The van der Waals surface area contributed by atoms with E-state index in [-0.39, 0.29) is 0 Å². The molecule has 0 aromatic rings. The molecule has 0 spiro atoms. The van der Waals surface area contributed by atoms with Crippen LogP contribution in [0.15, 0.2) is 0 Å². The number of hydrogen-bond acceptors (Lipinski definition) is 2. The Morgan fingerprint density at radius 2 is 1.15 bits per heavy atom. The number of hydrogen-bond donors (Lipinski definition) is 0. The highest BCUT2D eigenvalue weighted by atomic mass is 19.3. The van der Waals surface area contributed by atoms with Crippen molar-refractivity contribution < 1.29 is 53.4 Å². The van der Waals surface area contributed by atoms with Crippen LogP contribution in [0.25, 0.3) is 0 Å². The van der Waals surface area contributed by atoms with Crippen molar-refractivity contribution >= 4 is 0 Å². The van der Waals surface area contributed by atoms with Gasteiger partial charge in [-0.25, -0.2) is 17.6 Å². The van der Waals surface area contributed by atoms with Crippen LogP contribution < -0.4 is 0 Å². The third-order valence-electron chi connectivity index (χ3n) is 1.78. The van der Waals surface area contributed by atoms with E-state index < -0.39 is 50.6 Å². The monoisotopic (exact) mass is 326 g/mol. The van der Waals surface area contributed by atoms with Gasteiger partial charge in [0.05, 0.1) is 13.2 Å². The Balaban J connectivity index is 4.14. The molecule has 0 radical (unpaired) electrons. The van der Waals surface area contributed by atoms with Gasteiger partial charge in [0.25, 0.3) is 0 Å². The second-order valence-electron chi connectivity index (χ2n) is 3.35. The maximum atomic E-state index is 12.5. The molecular formula is C8H8F10O2. The molecule has 0 saturated carbocycles. The zero-order chi connectivity index (χ0) is 16.2. The van der Waals surface area contributed by atoms with Gasteiger partial charge in [0.15, 0.2) is 0 Å². The summed E-state index contributed by atoms with van der Waals surface area (Å²) in [7, 11) is 0. The van der Waals surface area contributed by atoms with Crippen LogP contribution in [0, 0.1) is 0 Å². The molecule has 12 heteroatoms. The highest BCUT2D eigenvalue weighted by molar-refractivity contribution is 4.79. The van der Waals surface area contributed by atoms with Gasteiger partial charge in [0.1, 0.15) is 0 Å². The van der Waals surface area contributed by atoms with Crippen LogP contribution in [0.2, 0.25) is 0 Å². The van der Waals surface area contributed by atoms with E-state index in [1.54, 1.807) is 0 Å². The van der Waals surface area contributed by atoms with Crippen molar-refractivity contribution in [3.63, 3.8) is 0 Å². The molecule has 0 rings (SSSR count). The first-order chi connectivity index (χ1) is 8.84. The summed E-state index contributed by atoms with van der Waals surface area (Å²) < 4.78 is 126. The molecule has 0 unspecified atom stereocenters. The van der Waals surface area contributed by atoms with Gasteiger partial charge in [-0.05, 0) is 6.42 Å². The molecule has 0 aliphatic heterocycles. The molecule has 0 bridgehead atoms. The first-order valence-electron chi connectivity index (χ1n) is 4.82. The molecule has 2 nitrogen and oxygen atoms in total. The Hall–Kier alpha value is -0.780. The van der Waals surface area contributed by atoms with Crippen LogP contribution in [0.5, 0.6) is 0 Å². The predicted molar refractivity (Wildman–Crippen MR) is 43.4 cm³/mol. The molecule has 0 aliphatic rings. The summed E-state index contributed by atoms with van der Waals surface area (Å²) in [6.45, 7) is -2.61. The smallest absolute Gasteiger partial charge is 0.316 e. The average Bonchev–Trinajstić information content (AvgIpc) is 2.27. The number of alkyl halides is 10. The van der Waals surface area contributed by atoms with Crippen molar-refractivity contribution in [1.82, 2.24) is 0 Å². The van der Waals surface area contributed by atoms with Crippen molar-refractivity contribution in [3.8, 4) is 0 Å². The van der Waals surface area contributed by atoms with Crippen LogP contribution in [0.1, 0.15) is 6.42 Å². The van der Waals surface area contributed by atoms with E-state index in [1.165, 1.54) is 0 Å². The first-order valence-corrected chi connectivity index (χ1v) is 4.82. The largest absolute Gasteiger partial charge is 0.425 e. The topological polar surface area (TPSA) is 18.5 Å². The quantitative estimate of drug-likeness (QED) is 0.474. The molecule has 0 aliphatic carbocycles. The van der Waals surface area contributed by atoms with E-state index in [9.17, 15) is 43.9 Å². The fourth-order valence-corrected chi connectivity index (χ4v) is 0.754. The molecule has 0 aromatic carbocycles. The highest BCUT2D eigenvalue weighted by Crippen LogP contribution is 2.39. The minimum atomic E-state index is -5.78. The Morgan fingerprint density at radius 3 is 1.55 bits per heavy atom. The lowest BCUT2D eigenvalue weighted by Crippen LogP contribution is -2.48. The normalized spacial score (nSPS) is 14.4. The van der Waals surface area contributed by atoms with E-state index in [0.29, 0.717) is 0 Å². The number of halogens is 10. The lowest BCUT2D eigenvalue weighted by atomic mass is 10.3. The fourth-order valence-electron chi connectivity index (χ4n) is 0.754. The molecule has 0 saturated heterocycles. The van der Waals surface area contributed by atoms with Gasteiger partial charge in [-0.2, -0.15) is 26.3 Å². The van der Waals surface area contributed by atoms with Crippen LogP contribution in [-0.4, -0.2) is 44.2 Å². The Bertz CT molecular complexity index is 293. The van der Waals surface area contributed by atoms with E-state index in [2.05, 4.69) is 9.47 Å². The highest BCUT2D eigenvalue weighted by Gasteiger charge is 2.64. The fraction of sp³-hybridized carbons (Fsp3) is 1.00. The minimum Gasteiger partial charge on any atom is -0.316 e. The molecule has 0 fully saturated rings. The molecule has 20 heavy (non-hydrogen) atoms. The summed E-state index contributed by atoms with van der Waals surface area (Å²) >= 11 is 0. The lowest BCUT2D eigenvalue weighted by Gasteiger charge is -2.25. The second-order valence-corrected chi connectivity index (χ2v) is 3.35. The van der Waals surface area contributed by atoms with Crippen molar-refractivity contribution in [2.45, 2.75) is 37.4 Å². The summed E-state index contributed by atoms with van der Waals surface area (Å²) in [5, 5.41) is 0. The van der Waals surface area contributed by atoms with Crippen molar-refractivity contribution in [2.75, 3.05) is 13.2 Å². The van der Waals surface area contributed by atoms with E-state index >= 15 is 0 Å². The summed E-state index contributed by atoms with van der Waals surface area (Å²) in [5.41, 5.74) is 0. The second kappa shape index (κ2) is 6.78. The Labute approximate surface area is 105 Å². The molecule has 0 heterocycles. The Morgan fingerprint density at radius 1 is 0.700 bits per heavy atom. The number of rotatable bonds is 9. The van der Waals surface area contributed by atoms with Gasteiger partial charge in [0, 0.05) is 0 Å². The summed E-state index contributed by atoms with van der Waals surface area (Å²) in [6.07, 6.45) is -20.2. The maximum absolute atomic E-state index is 12.5. The van der Waals surface area contributed by atoms with Crippen LogP contribution in [-0.2, 0) is 9.47 Å². The first kappa shape index (κ1) is 19.2. The van der Waals surface area contributed by atoms with Gasteiger partial charge in [-0.15, -0.1) is 0 Å². The van der Waals surface area contributed by atoms with Crippen molar-refractivity contribution in [1.29, 1.82) is 0 Å². The SMILES string of the molecule is FC(F)C(F)(F)OCCCOC(F)(F)C(F)(F)C(F)F. The van der Waals surface area contributed by atoms with Crippen molar-refractivity contribution in [3.05, 3.63) is 0 Å². The molecular weight excluding hydrogens is 318 g/mol. The van der Waals surface area contributed by atoms with Crippen LogP contribution >= 0.6 is 0 Å². The molecule has 0 N–H and O–H groups in total. The zero-order valence-corrected chi connectivity index (χ0v) is 9.37. The zero-order valence-electron chi connectivity index (χ0n) is 9.37. The van der Waals surface area contributed by atoms with E-state index in [0.717, 1.165) is 0 Å². The standard InChI is InChI=1S/C8H8F10O2/c9-4(10)6(13,14)8(17,18)20-3-1-2-19-7(15,16)5(11)12/h4-5H,1-3H2. The molecule has 0 aromatic heterocycles. The average molecular weight is 326 g/mol. The molecule has 0 atom stereocenters. The van der Waals surface area contributed by atoms with E-state index in [1.807, 2.05) is 0 Å². The minimum absolute atomic E-state index is 0.919. The Kier molecular flexibility index (Phi) is 6.52. The van der Waals surface area contributed by atoms with Gasteiger partial charge < -0.3 is 9.47 Å². The molecule has 122 valence electrons. The summed E-state index contributed by atoms with van der Waals surface area (Å²) in [6, 6.07) is 0. The third kappa shape index (κ3) is 4.96. The van der Waals surface area contributed by atoms with Gasteiger partial charge >= 0.3 is 31.0 Å². The number of ether oxygens (including phenoxy) is 2.